The Morgan fingerprint density at radius 3 is 2.43 bits per heavy atom. The lowest BCUT2D eigenvalue weighted by molar-refractivity contribution is -0.147. The van der Waals surface area contributed by atoms with Crippen molar-refractivity contribution < 1.29 is 14.3 Å². The molecule has 2 N–H and O–H groups in total. The molecule has 1 heterocycles. The summed E-state index contributed by atoms with van der Waals surface area (Å²) in [6.45, 7) is 3.96. The topological polar surface area (TPSA) is 71.2 Å². The van der Waals surface area contributed by atoms with Crippen LogP contribution in [0.15, 0.2) is 42.7 Å². The van der Waals surface area contributed by atoms with Gasteiger partial charge < -0.3 is 15.0 Å². The highest BCUT2D eigenvalue weighted by Crippen LogP contribution is 2.29. The van der Waals surface area contributed by atoms with E-state index in [0.717, 1.165) is 11.1 Å². The summed E-state index contributed by atoms with van der Waals surface area (Å²) in [5.74, 6) is -0.557. The van der Waals surface area contributed by atoms with Crippen LogP contribution in [0.25, 0.3) is 0 Å². The van der Waals surface area contributed by atoms with E-state index in [9.17, 15) is 9.59 Å². The first-order valence-corrected chi connectivity index (χ1v) is 7.60. The molecule has 23 heavy (non-hydrogen) atoms. The number of benzene rings is 1. The quantitative estimate of drug-likeness (QED) is 0.805. The Bertz CT molecular complexity index is 679. The van der Waals surface area contributed by atoms with Gasteiger partial charge in [0.15, 0.2) is 0 Å². The third kappa shape index (κ3) is 3.28. The summed E-state index contributed by atoms with van der Waals surface area (Å²) < 4.78 is 5.01. The predicted molar refractivity (Wildman–Crippen MR) is 88.3 cm³/mol. The number of esters is 1. The minimum atomic E-state index is -0.893. The molecule has 1 aromatic carbocycles. The van der Waals surface area contributed by atoms with Crippen LogP contribution in [0.1, 0.15) is 34.8 Å². The average molecular weight is 314 g/mol. The van der Waals surface area contributed by atoms with Crippen LogP contribution in [0.2, 0.25) is 0 Å². The molecule has 2 aromatic rings. The van der Waals surface area contributed by atoms with Gasteiger partial charge in [0.25, 0.3) is 5.91 Å². The van der Waals surface area contributed by atoms with E-state index in [-0.39, 0.29) is 18.4 Å². The van der Waals surface area contributed by atoms with Gasteiger partial charge in [-0.15, -0.1) is 0 Å². The molecule has 2 rings (SSSR count). The van der Waals surface area contributed by atoms with Crippen molar-refractivity contribution >= 4 is 11.9 Å². The highest BCUT2D eigenvalue weighted by molar-refractivity contribution is 5.96. The molecule has 5 heteroatoms. The van der Waals surface area contributed by atoms with Crippen LogP contribution in [0.4, 0.5) is 0 Å². The molecule has 1 amide bonds. The number of amides is 1. The van der Waals surface area contributed by atoms with Crippen LogP contribution in [0.3, 0.4) is 0 Å². The Hall–Kier alpha value is -2.56. The summed E-state index contributed by atoms with van der Waals surface area (Å²) in [6.07, 6.45) is 3.94. The van der Waals surface area contributed by atoms with Crippen LogP contribution in [-0.4, -0.2) is 30.5 Å². The minimum Gasteiger partial charge on any atom is -0.468 e. The fraction of sp³-hybridized carbons (Fsp3) is 0.333. The van der Waals surface area contributed by atoms with Gasteiger partial charge >= 0.3 is 5.97 Å². The van der Waals surface area contributed by atoms with E-state index in [1.165, 1.54) is 7.11 Å². The maximum atomic E-state index is 12.5. The van der Waals surface area contributed by atoms with Gasteiger partial charge in [-0.1, -0.05) is 37.3 Å². The van der Waals surface area contributed by atoms with Crippen molar-refractivity contribution in [2.24, 2.45) is 0 Å². The fourth-order valence-electron chi connectivity index (χ4n) is 2.73. The van der Waals surface area contributed by atoms with Gasteiger partial charge in [-0.2, -0.15) is 0 Å². The number of nitrogens with one attached hydrogen (secondary N) is 2. The highest BCUT2D eigenvalue weighted by Gasteiger charge is 2.40. The Kier molecular flexibility index (Phi) is 5.21. The van der Waals surface area contributed by atoms with Gasteiger partial charge in [-0.25, -0.2) is 0 Å². The van der Waals surface area contributed by atoms with Crippen LogP contribution in [0.5, 0.6) is 0 Å². The van der Waals surface area contributed by atoms with Crippen molar-refractivity contribution in [2.45, 2.75) is 25.7 Å². The van der Waals surface area contributed by atoms with Gasteiger partial charge in [-0.05, 0) is 24.5 Å². The lowest BCUT2D eigenvalue weighted by Gasteiger charge is -2.30. The number of aromatic nitrogens is 1. The molecule has 0 spiro atoms. The average Bonchev–Trinajstić information content (AvgIpc) is 3.02. The highest BCUT2D eigenvalue weighted by atomic mass is 16.5. The Morgan fingerprint density at radius 2 is 1.91 bits per heavy atom. The zero-order valence-electron chi connectivity index (χ0n) is 13.7. The van der Waals surface area contributed by atoms with Gasteiger partial charge in [0.1, 0.15) is 5.41 Å². The summed E-state index contributed by atoms with van der Waals surface area (Å²) >= 11 is 0. The zero-order chi connectivity index (χ0) is 16.9. The first-order valence-electron chi connectivity index (χ1n) is 7.60. The van der Waals surface area contributed by atoms with Gasteiger partial charge in [-0.3, -0.25) is 9.59 Å². The third-order valence-electron chi connectivity index (χ3n) is 4.25. The molecule has 0 aliphatic heterocycles. The minimum absolute atomic E-state index is 0.184. The van der Waals surface area contributed by atoms with E-state index in [4.69, 9.17) is 4.74 Å². The Balaban J connectivity index is 2.27. The largest absolute Gasteiger partial charge is 0.468 e. The lowest BCUT2D eigenvalue weighted by atomic mass is 9.78. The number of rotatable bonds is 6. The van der Waals surface area contributed by atoms with Crippen LogP contribution >= 0.6 is 0 Å². The molecule has 1 atom stereocenters. The van der Waals surface area contributed by atoms with E-state index in [1.54, 1.807) is 12.4 Å². The molecule has 0 saturated carbocycles. The van der Waals surface area contributed by atoms with Crippen molar-refractivity contribution in [3.8, 4) is 0 Å². The second kappa shape index (κ2) is 7.13. The number of carbonyl (C=O) groups excluding carboxylic acids is 2. The standard InChI is InChI=1S/C18H22N2O3/c1-4-18(17(22)23-3,14-8-6-5-7-9-14)12-20-16(21)15-11-19-10-13(15)2/h5-11,19H,4,12H2,1-3H3,(H,20,21)/t18-/m0/s1. The van der Waals surface area contributed by atoms with Crippen molar-refractivity contribution in [3.05, 3.63) is 59.4 Å². The maximum Gasteiger partial charge on any atom is 0.318 e. The lowest BCUT2D eigenvalue weighted by Crippen LogP contribution is -2.47. The summed E-state index contributed by atoms with van der Waals surface area (Å²) in [6, 6.07) is 9.41. The molecule has 0 aliphatic carbocycles. The third-order valence-corrected chi connectivity index (χ3v) is 4.25. The number of hydrogen-bond donors (Lipinski definition) is 2. The molecule has 0 aliphatic rings. The van der Waals surface area contributed by atoms with Gasteiger partial charge in [0, 0.05) is 18.9 Å². The van der Waals surface area contributed by atoms with Gasteiger partial charge in [0.2, 0.25) is 0 Å². The molecule has 122 valence electrons. The van der Waals surface area contributed by atoms with Crippen LogP contribution < -0.4 is 5.32 Å². The zero-order valence-corrected chi connectivity index (χ0v) is 13.7. The first kappa shape index (κ1) is 16.8. The molecule has 0 saturated heterocycles. The molecule has 0 bridgehead atoms. The summed E-state index contributed by atoms with van der Waals surface area (Å²) in [5.41, 5.74) is 1.38. The van der Waals surface area contributed by atoms with E-state index in [2.05, 4.69) is 10.3 Å². The molecule has 5 nitrogen and oxygen atoms in total. The summed E-state index contributed by atoms with van der Waals surface area (Å²) in [5, 5.41) is 2.87. The number of aryl methyl sites for hydroxylation is 1. The van der Waals surface area contributed by atoms with Crippen LogP contribution in [-0.2, 0) is 14.9 Å². The maximum absolute atomic E-state index is 12.5. The summed E-state index contributed by atoms with van der Waals surface area (Å²) in [7, 11) is 1.37. The molecule has 0 fully saturated rings. The number of aromatic amines is 1. The number of methoxy groups -OCH3 is 1. The number of ether oxygens (including phenoxy) is 1. The van der Waals surface area contributed by atoms with Crippen molar-refractivity contribution in [3.63, 3.8) is 0 Å². The molecule has 0 unspecified atom stereocenters. The summed E-state index contributed by atoms with van der Waals surface area (Å²) in [4.78, 5) is 27.7. The molecule has 0 radical (unpaired) electrons. The number of H-pyrrole nitrogens is 1. The van der Waals surface area contributed by atoms with Crippen molar-refractivity contribution in [1.82, 2.24) is 10.3 Å². The van der Waals surface area contributed by atoms with Crippen molar-refractivity contribution in [2.75, 3.05) is 13.7 Å². The van der Waals surface area contributed by atoms with E-state index >= 15 is 0 Å². The Morgan fingerprint density at radius 1 is 1.22 bits per heavy atom. The second-order valence-electron chi connectivity index (χ2n) is 5.53. The molecular formula is C18H22N2O3. The number of carbonyl (C=O) groups is 2. The monoisotopic (exact) mass is 314 g/mol. The molecular weight excluding hydrogens is 292 g/mol. The molecule has 1 aromatic heterocycles. The Labute approximate surface area is 136 Å². The normalized spacial score (nSPS) is 13.2. The number of hydrogen-bond acceptors (Lipinski definition) is 3. The van der Waals surface area contributed by atoms with E-state index < -0.39 is 5.41 Å². The van der Waals surface area contributed by atoms with Crippen molar-refractivity contribution in [1.29, 1.82) is 0 Å². The predicted octanol–water partition coefficient (Wildman–Crippen LogP) is 2.57. The van der Waals surface area contributed by atoms with E-state index in [0.29, 0.717) is 12.0 Å². The van der Waals surface area contributed by atoms with E-state index in [1.807, 2.05) is 44.2 Å². The smallest absolute Gasteiger partial charge is 0.318 e. The first-order chi connectivity index (χ1) is 11.0. The SMILES string of the molecule is CC[C@@](CNC(=O)c1c[nH]cc1C)(C(=O)OC)c1ccccc1. The second-order valence-corrected chi connectivity index (χ2v) is 5.53. The van der Waals surface area contributed by atoms with Gasteiger partial charge in [0.05, 0.1) is 12.7 Å². The van der Waals surface area contributed by atoms with Crippen LogP contribution in [0, 0.1) is 6.92 Å². The fourth-order valence-corrected chi connectivity index (χ4v) is 2.73.